The molecule has 9 heavy (non-hydrogen) atoms. The molecule has 0 N–H and O–H groups in total. The Bertz CT molecular complexity index is 208. The predicted molar refractivity (Wildman–Crippen MR) is 34.4 cm³/mol. The summed E-state index contributed by atoms with van der Waals surface area (Å²) in [6, 6.07) is 0. The molecule has 0 spiro atoms. The number of aldehydes is 1. The first kappa shape index (κ1) is 6.35. The summed E-state index contributed by atoms with van der Waals surface area (Å²) in [5.74, 6) is 0. The molecule has 0 atom stereocenters. The van der Waals surface area contributed by atoms with Gasteiger partial charge in [-0.15, -0.1) is 5.10 Å². The molecule has 0 unspecified atom stereocenters. The van der Waals surface area contributed by atoms with E-state index < -0.39 is 0 Å². The molecule has 0 aliphatic heterocycles. The summed E-state index contributed by atoms with van der Waals surface area (Å²) in [6.07, 6.45) is 1.31. The van der Waals surface area contributed by atoms with Crippen molar-refractivity contribution >= 4 is 17.8 Å². The van der Waals surface area contributed by atoms with Crippen LogP contribution in [-0.2, 0) is 11.2 Å². The van der Waals surface area contributed by atoms with E-state index in [0.29, 0.717) is 6.42 Å². The van der Waals surface area contributed by atoms with Gasteiger partial charge in [0, 0.05) is 6.42 Å². The smallest absolute Gasteiger partial charge is 0.125 e. The van der Waals surface area contributed by atoms with Gasteiger partial charge in [-0.2, -0.15) is 0 Å². The van der Waals surface area contributed by atoms with Gasteiger partial charge in [0.2, 0.25) is 0 Å². The number of carbonyl (C=O) groups is 1. The highest BCUT2D eigenvalue weighted by Crippen LogP contribution is 2.07. The number of hydrogen-bond donors (Lipinski definition) is 0. The molecule has 1 heterocycles. The van der Waals surface area contributed by atoms with E-state index in [1.54, 1.807) is 0 Å². The van der Waals surface area contributed by atoms with Gasteiger partial charge in [-0.25, -0.2) is 0 Å². The quantitative estimate of drug-likeness (QED) is 0.567. The molecule has 0 saturated carbocycles. The molecule has 3 nitrogen and oxygen atoms in total. The topological polar surface area (TPSA) is 42.9 Å². The van der Waals surface area contributed by atoms with Gasteiger partial charge >= 0.3 is 0 Å². The van der Waals surface area contributed by atoms with E-state index in [2.05, 4.69) is 9.59 Å². The molecule has 0 aliphatic rings. The molecule has 1 rings (SSSR count). The number of hydrogen-bond acceptors (Lipinski definition) is 4. The van der Waals surface area contributed by atoms with Gasteiger partial charge < -0.3 is 4.79 Å². The van der Waals surface area contributed by atoms with Gasteiger partial charge in [0.15, 0.2) is 0 Å². The largest absolute Gasteiger partial charge is 0.303 e. The van der Waals surface area contributed by atoms with Gasteiger partial charge in [-0.3, -0.25) is 0 Å². The predicted octanol–water partition coefficient (Wildman–Crippen LogP) is 0.588. The van der Waals surface area contributed by atoms with Crippen LogP contribution in [0.2, 0.25) is 0 Å². The number of aromatic nitrogens is 2. The van der Waals surface area contributed by atoms with Crippen LogP contribution in [0.5, 0.6) is 0 Å². The fraction of sp³-hybridized carbons (Fsp3) is 0.400. The van der Waals surface area contributed by atoms with Crippen molar-refractivity contribution in [2.75, 3.05) is 0 Å². The summed E-state index contributed by atoms with van der Waals surface area (Å²) in [4.78, 5) is 10.9. The lowest BCUT2D eigenvalue weighted by molar-refractivity contribution is -0.107. The maximum absolute atomic E-state index is 9.98. The fourth-order valence-electron chi connectivity index (χ4n) is 0.513. The van der Waals surface area contributed by atoms with Gasteiger partial charge in [0.05, 0.1) is 10.6 Å². The Morgan fingerprint density at radius 3 is 3.00 bits per heavy atom. The van der Waals surface area contributed by atoms with Crippen LogP contribution in [0, 0.1) is 6.92 Å². The van der Waals surface area contributed by atoms with Crippen molar-refractivity contribution in [3.8, 4) is 0 Å². The van der Waals surface area contributed by atoms with E-state index in [1.165, 1.54) is 11.5 Å². The zero-order valence-corrected chi connectivity index (χ0v) is 5.81. The van der Waals surface area contributed by atoms with Crippen LogP contribution in [0.15, 0.2) is 0 Å². The van der Waals surface area contributed by atoms with E-state index in [0.717, 1.165) is 16.9 Å². The Kier molecular flexibility index (Phi) is 1.89. The number of aryl methyl sites for hydroxylation is 1. The second-order valence-corrected chi connectivity index (χ2v) is 2.49. The average Bonchev–Trinajstić information content (AvgIpc) is 2.18. The van der Waals surface area contributed by atoms with Crippen LogP contribution in [0.3, 0.4) is 0 Å². The zero-order chi connectivity index (χ0) is 6.69. The zero-order valence-electron chi connectivity index (χ0n) is 5.00. The molecule has 1 aromatic rings. The molecule has 1 aromatic heterocycles. The summed E-state index contributed by atoms with van der Waals surface area (Å²) in [5.41, 5.74) is 0.868. The Morgan fingerprint density at radius 1 is 1.78 bits per heavy atom. The average molecular weight is 142 g/mol. The molecule has 0 bridgehead atoms. The van der Waals surface area contributed by atoms with E-state index in [4.69, 9.17) is 0 Å². The Hall–Kier alpha value is -0.770. The molecule has 4 heteroatoms. The first-order chi connectivity index (χ1) is 4.34. The third-order valence-electron chi connectivity index (χ3n) is 1.01. The van der Waals surface area contributed by atoms with Gasteiger partial charge in [0.25, 0.3) is 0 Å². The second kappa shape index (κ2) is 2.68. The number of rotatable bonds is 2. The lowest BCUT2D eigenvalue weighted by atomic mass is 10.3. The fourth-order valence-corrected chi connectivity index (χ4v) is 1.09. The van der Waals surface area contributed by atoms with E-state index >= 15 is 0 Å². The maximum atomic E-state index is 9.98. The maximum Gasteiger partial charge on any atom is 0.125 e. The number of nitrogens with zero attached hydrogens (tertiary/aromatic N) is 2. The first-order valence-corrected chi connectivity index (χ1v) is 3.33. The summed E-state index contributed by atoms with van der Waals surface area (Å²) >= 11 is 1.28. The number of carbonyl (C=O) groups excluding carboxylic acids is 1. The molecular formula is C5H6N2OS. The van der Waals surface area contributed by atoms with Crippen LogP contribution < -0.4 is 0 Å². The Morgan fingerprint density at radius 2 is 2.56 bits per heavy atom. The molecule has 48 valence electrons. The molecule has 0 saturated heterocycles. The highest BCUT2D eigenvalue weighted by atomic mass is 32.1. The van der Waals surface area contributed by atoms with Crippen LogP contribution >= 0.6 is 11.5 Å². The van der Waals surface area contributed by atoms with Gasteiger partial charge in [-0.1, -0.05) is 4.49 Å². The highest BCUT2D eigenvalue weighted by molar-refractivity contribution is 7.05. The summed E-state index contributed by atoms with van der Waals surface area (Å²) in [6.45, 7) is 1.85. The van der Waals surface area contributed by atoms with Crippen molar-refractivity contribution in [3.63, 3.8) is 0 Å². The van der Waals surface area contributed by atoms with E-state index in [-0.39, 0.29) is 0 Å². The minimum atomic E-state index is 0.448. The lowest BCUT2D eigenvalue weighted by Gasteiger charge is -1.82. The Labute approximate surface area is 56.9 Å². The van der Waals surface area contributed by atoms with Crippen molar-refractivity contribution in [2.24, 2.45) is 0 Å². The Balaban J connectivity index is 2.80. The summed E-state index contributed by atoms with van der Waals surface area (Å²) < 4.78 is 3.67. The molecule has 0 fully saturated rings. The molecule has 0 radical (unpaired) electrons. The normalized spacial score (nSPS) is 9.44. The third-order valence-corrected chi connectivity index (χ3v) is 1.86. The van der Waals surface area contributed by atoms with Crippen molar-refractivity contribution in [2.45, 2.75) is 13.3 Å². The summed E-state index contributed by atoms with van der Waals surface area (Å²) in [7, 11) is 0. The van der Waals surface area contributed by atoms with Gasteiger partial charge in [-0.05, 0) is 18.5 Å². The van der Waals surface area contributed by atoms with Crippen molar-refractivity contribution < 1.29 is 4.79 Å². The lowest BCUT2D eigenvalue weighted by Crippen LogP contribution is -1.83. The van der Waals surface area contributed by atoms with E-state index in [1.807, 2.05) is 6.92 Å². The molecule has 0 amide bonds. The minimum Gasteiger partial charge on any atom is -0.303 e. The van der Waals surface area contributed by atoms with Crippen molar-refractivity contribution in [3.05, 3.63) is 10.6 Å². The minimum absolute atomic E-state index is 0.448. The standard InChI is InChI=1S/C5H6N2OS/c1-4-5(2-3-8)9-7-6-4/h3H,2H2,1H3. The van der Waals surface area contributed by atoms with Crippen LogP contribution in [0.25, 0.3) is 0 Å². The highest BCUT2D eigenvalue weighted by Gasteiger charge is 1.99. The van der Waals surface area contributed by atoms with Gasteiger partial charge in [0.1, 0.15) is 6.29 Å². The van der Waals surface area contributed by atoms with Crippen LogP contribution in [-0.4, -0.2) is 15.9 Å². The van der Waals surface area contributed by atoms with Crippen LogP contribution in [0.4, 0.5) is 0 Å². The van der Waals surface area contributed by atoms with Crippen molar-refractivity contribution in [1.82, 2.24) is 9.59 Å². The SMILES string of the molecule is Cc1nnsc1CC=O. The van der Waals surface area contributed by atoms with Crippen LogP contribution in [0.1, 0.15) is 10.6 Å². The molecule has 0 aromatic carbocycles. The molecular weight excluding hydrogens is 136 g/mol. The first-order valence-electron chi connectivity index (χ1n) is 2.56. The third kappa shape index (κ3) is 1.32. The summed E-state index contributed by atoms with van der Waals surface area (Å²) in [5, 5.41) is 3.74. The van der Waals surface area contributed by atoms with Crippen molar-refractivity contribution in [1.29, 1.82) is 0 Å². The monoisotopic (exact) mass is 142 g/mol. The molecule has 0 aliphatic carbocycles. The van der Waals surface area contributed by atoms with E-state index in [9.17, 15) is 4.79 Å². The second-order valence-electron chi connectivity index (χ2n) is 1.65.